The van der Waals surface area contributed by atoms with Crippen molar-refractivity contribution in [1.29, 1.82) is 0 Å². The second-order valence-electron chi connectivity index (χ2n) is 6.53. The number of rotatable bonds is 8. The van der Waals surface area contributed by atoms with Crippen LogP contribution < -0.4 is 5.32 Å². The summed E-state index contributed by atoms with van der Waals surface area (Å²) in [5, 5.41) is 10.7. The molecule has 0 unspecified atom stereocenters. The Bertz CT molecular complexity index is 1050. The van der Waals surface area contributed by atoms with E-state index in [-0.39, 0.29) is 32.3 Å². The van der Waals surface area contributed by atoms with Gasteiger partial charge in [-0.15, -0.1) is 10.2 Å². The SMILES string of the molecule is CCOC(=O)CSc1nnc(NC(=O)c2ccc(Cl)c(S(=O)(=O)N3CCCCC3)c2)s1. The van der Waals surface area contributed by atoms with E-state index in [1.807, 2.05) is 0 Å². The molecule has 2 aromatic rings. The molecule has 1 amide bonds. The Balaban J connectivity index is 1.70. The van der Waals surface area contributed by atoms with Gasteiger partial charge < -0.3 is 4.74 Å². The largest absolute Gasteiger partial charge is 0.465 e. The van der Waals surface area contributed by atoms with E-state index in [4.69, 9.17) is 16.3 Å². The van der Waals surface area contributed by atoms with E-state index < -0.39 is 15.9 Å². The lowest BCUT2D eigenvalue weighted by molar-refractivity contribution is -0.139. The van der Waals surface area contributed by atoms with Crippen molar-refractivity contribution in [2.75, 3.05) is 30.8 Å². The van der Waals surface area contributed by atoms with Crippen LogP contribution in [0.5, 0.6) is 0 Å². The Kier molecular flexibility index (Phi) is 8.28. The second kappa shape index (κ2) is 10.7. The summed E-state index contributed by atoms with van der Waals surface area (Å²) in [6, 6.07) is 4.12. The van der Waals surface area contributed by atoms with Gasteiger partial charge in [-0.1, -0.05) is 41.1 Å². The number of amides is 1. The normalized spacial score (nSPS) is 14.9. The zero-order chi connectivity index (χ0) is 22.4. The first kappa shape index (κ1) is 23.9. The van der Waals surface area contributed by atoms with E-state index in [1.165, 1.54) is 22.5 Å². The number of carbonyl (C=O) groups excluding carboxylic acids is 2. The highest BCUT2D eigenvalue weighted by Gasteiger charge is 2.29. The molecule has 1 aromatic heterocycles. The van der Waals surface area contributed by atoms with E-state index >= 15 is 0 Å². The van der Waals surface area contributed by atoms with Gasteiger partial charge in [0.1, 0.15) is 4.90 Å². The van der Waals surface area contributed by atoms with Crippen molar-refractivity contribution in [3.8, 4) is 0 Å². The summed E-state index contributed by atoms with van der Waals surface area (Å²) in [6.07, 6.45) is 2.58. The number of hydrogen-bond acceptors (Lipinski definition) is 9. The third-order valence-corrected chi connectivity index (χ3v) is 8.70. The number of sulfonamides is 1. The smallest absolute Gasteiger partial charge is 0.316 e. The Morgan fingerprint density at radius 2 is 2.00 bits per heavy atom. The van der Waals surface area contributed by atoms with E-state index in [2.05, 4.69) is 15.5 Å². The summed E-state index contributed by atoms with van der Waals surface area (Å²) in [5.74, 6) is -0.813. The van der Waals surface area contributed by atoms with Crippen molar-refractivity contribution < 1.29 is 22.7 Å². The van der Waals surface area contributed by atoms with Crippen LogP contribution in [0.4, 0.5) is 5.13 Å². The van der Waals surface area contributed by atoms with E-state index in [0.29, 0.717) is 24.0 Å². The lowest BCUT2D eigenvalue weighted by atomic mass is 10.2. The van der Waals surface area contributed by atoms with Gasteiger partial charge in [-0.25, -0.2) is 8.42 Å². The number of aromatic nitrogens is 2. The molecule has 0 bridgehead atoms. The van der Waals surface area contributed by atoms with Crippen molar-refractivity contribution in [1.82, 2.24) is 14.5 Å². The summed E-state index contributed by atoms with van der Waals surface area (Å²) in [5.41, 5.74) is 0.135. The van der Waals surface area contributed by atoms with Gasteiger partial charge in [0.05, 0.1) is 17.4 Å². The molecule has 0 atom stereocenters. The Morgan fingerprint density at radius 1 is 1.26 bits per heavy atom. The highest BCUT2D eigenvalue weighted by atomic mass is 35.5. The molecular formula is C18H21ClN4O5S3. The van der Waals surface area contributed by atoms with Gasteiger partial charge in [-0.2, -0.15) is 4.31 Å². The fraction of sp³-hybridized carbons (Fsp3) is 0.444. The number of nitrogens with one attached hydrogen (secondary N) is 1. The molecule has 0 spiro atoms. The van der Waals surface area contributed by atoms with Crippen LogP contribution in [-0.4, -0.2) is 60.2 Å². The van der Waals surface area contributed by atoms with Crippen LogP contribution in [0.15, 0.2) is 27.4 Å². The highest BCUT2D eigenvalue weighted by Crippen LogP contribution is 2.29. The molecule has 0 saturated carbocycles. The van der Waals surface area contributed by atoms with Gasteiger partial charge in [0.2, 0.25) is 15.2 Å². The second-order valence-corrected chi connectivity index (χ2v) is 11.0. The quantitative estimate of drug-likeness (QED) is 0.330. The van der Waals surface area contributed by atoms with Crippen molar-refractivity contribution in [3.63, 3.8) is 0 Å². The number of benzene rings is 1. The zero-order valence-corrected chi connectivity index (χ0v) is 19.9. The lowest BCUT2D eigenvalue weighted by Gasteiger charge is -2.26. The molecule has 1 aliphatic rings. The first-order chi connectivity index (χ1) is 14.8. The molecular weight excluding hydrogens is 484 g/mol. The maximum atomic E-state index is 13.0. The molecule has 2 heterocycles. The maximum absolute atomic E-state index is 13.0. The van der Waals surface area contributed by atoms with Crippen LogP contribution in [0.1, 0.15) is 36.5 Å². The van der Waals surface area contributed by atoms with E-state index in [0.717, 1.165) is 42.4 Å². The molecule has 168 valence electrons. The third kappa shape index (κ3) is 6.16. The van der Waals surface area contributed by atoms with Gasteiger partial charge in [0.25, 0.3) is 5.91 Å². The highest BCUT2D eigenvalue weighted by molar-refractivity contribution is 8.01. The van der Waals surface area contributed by atoms with Crippen molar-refractivity contribution in [2.24, 2.45) is 0 Å². The summed E-state index contributed by atoms with van der Waals surface area (Å²) in [7, 11) is -3.79. The van der Waals surface area contributed by atoms with Crippen LogP contribution in [0.3, 0.4) is 0 Å². The molecule has 0 radical (unpaired) electrons. The predicted molar refractivity (Wildman–Crippen MR) is 119 cm³/mol. The minimum absolute atomic E-state index is 0.0655. The van der Waals surface area contributed by atoms with Gasteiger partial charge in [0.15, 0.2) is 4.34 Å². The zero-order valence-electron chi connectivity index (χ0n) is 16.7. The number of halogens is 1. The van der Waals surface area contributed by atoms with Crippen molar-refractivity contribution in [2.45, 2.75) is 35.4 Å². The molecule has 1 aromatic carbocycles. The molecule has 1 aliphatic heterocycles. The van der Waals surface area contributed by atoms with Gasteiger partial charge >= 0.3 is 5.97 Å². The lowest BCUT2D eigenvalue weighted by Crippen LogP contribution is -2.35. The predicted octanol–water partition coefficient (Wildman–Crippen LogP) is 3.27. The average Bonchev–Trinajstić information content (AvgIpc) is 3.20. The molecule has 1 N–H and O–H groups in total. The molecule has 3 rings (SSSR count). The molecule has 31 heavy (non-hydrogen) atoms. The number of esters is 1. The number of carbonyl (C=O) groups is 2. The number of thioether (sulfide) groups is 1. The van der Waals surface area contributed by atoms with Crippen LogP contribution in [0, 0.1) is 0 Å². The molecule has 1 fully saturated rings. The third-order valence-electron chi connectivity index (χ3n) is 4.37. The molecule has 1 saturated heterocycles. The first-order valence-corrected chi connectivity index (χ1v) is 13.2. The van der Waals surface area contributed by atoms with Crippen LogP contribution in [0.25, 0.3) is 0 Å². The summed E-state index contributed by atoms with van der Waals surface area (Å²) < 4.78 is 32.7. The summed E-state index contributed by atoms with van der Waals surface area (Å²) >= 11 is 8.41. The van der Waals surface area contributed by atoms with Gasteiger partial charge in [0, 0.05) is 18.7 Å². The fourth-order valence-corrected chi connectivity index (χ4v) is 6.46. The maximum Gasteiger partial charge on any atom is 0.316 e. The molecule has 13 heteroatoms. The monoisotopic (exact) mass is 504 g/mol. The standard InChI is InChI=1S/C18H21ClN4O5S3/c1-2-28-15(24)11-29-18-22-21-17(30-18)20-16(25)12-6-7-13(19)14(10-12)31(26,27)23-8-4-3-5-9-23/h6-7,10H,2-5,8-9,11H2,1H3,(H,20,21,25). The van der Waals surface area contributed by atoms with Crippen LogP contribution >= 0.6 is 34.7 Å². The Hall–Kier alpha value is -1.73. The molecule has 0 aliphatic carbocycles. The Labute approximate surface area is 193 Å². The van der Waals surface area contributed by atoms with E-state index in [1.54, 1.807) is 6.92 Å². The molecule has 9 nitrogen and oxygen atoms in total. The van der Waals surface area contributed by atoms with Crippen LogP contribution in [0.2, 0.25) is 5.02 Å². The minimum Gasteiger partial charge on any atom is -0.465 e. The number of anilines is 1. The van der Waals surface area contributed by atoms with Gasteiger partial charge in [-0.05, 0) is 38.0 Å². The summed E-state index contributed by atoms with van der Waals surface area (Å²) in [6.45, 7) is 2.90. The topological polar surface area (TPSA) is 119 Å². The van der Waals surface area contributed by atoms with Crippen molar-refractivity contribution >= 4 is 61.7 Å². The first-order valence-electron chi connectivity index (χ1n) is 9.54. The van der Waals surface area contributed by atoms with Crippen molar-refractivity contribution in [3.05, 3.63) is 28.8 Å². The Morgan fingerprint density at radius 3 is 2.71 bits per heavy atom. The number of hydrogen-bond donors (Lipinski definition) is 1. The average molecular weight is 505 g/mol. The van der Waals surface area contributed by atoms with E-state index in [9.17, 15) is 18.0 Å². The van der Waals surface area contributed by atoms with Gasteiger partial charge in [-0.3, -0.25) is 14.9 Å². The summed E-state index contributed by atoms with van der Waals surface area (Å²) in [4.78, 5) is 24.0. The number of ether oxygens (including phenoxy) is 1. The fourth-order valence-electron chi connectivity index (χ4n) is 2.90. The van der Waals surface area contributed by atoms with Crippen LogP contribution in [-0.2, 0) is 19.6 Å². The number of piperidine rings is 1. The number of nitrogens with zero attached hydrogens (tertiary/aromatic N) is 3. The minimum atomic E-state index is -3.79.